The SMILES string of the molecule is COc1ccc(C2C(C(=O)c3ccco3)=C(O)C(=O)N2c2cc(Cl)ccc2C)cc1OC. The summed E-state index contributed by atoms with van der Waals surface area (Å²) in [5.41, 5.74) is 1.65. The highest BCUT2D eigenvalue weighted by Gasteiger charge is 2.46. The van der Waals surface area contributed by atoms with E-state index < -0.39 is 23.5 Å². The van der Waals surface area contributed by atoms with Crippen LogP contribution in [0, 0.1) is 6.92 Å². The number of ether oxygens (including phenoxy) is 2. The summed E-state index contributed by atoms with van der Waals surface area (Å²) in [5, 5.41) is 11.2. The molecule has 0 saturated carbocycles. The van der Waals surface area contributed by atoms with E-state index in [0.29, 0.717) is 27.8 Å². The van der Waals surface area contributed by atoms with Crippen LogP contribution in [0.1, 0.15) is 27.7 Å². The number of benzene rings is 2. The lowest BCUT2D eigenvalue weighted by atomic mass is 9.94. The van der Waals surface area contributed by atoms with Crippen molar-refractivity contribution in [1.29, 1.82) is 0 Å². The first-order valence-corrected chi connectivity index (χ1v) is 10.1. The van der Waals surface area contributed by atoms with Gasteiger partial charge in [0.2, 0.25) is 5.78 Å². The van der Waals surface area contributed by atoms with Crippen molar-refractivity contribution in [3.8, 4) is 11.5 Å². The Morgan fingerprint density at radius 2 is 1.84 bits per heavy atom. The van der Waals surface area contributed by atoms with E-state index in [2.05, 4.69) is 0 Å². The molecule has 1 atom stereocenters. The molecule has 2 aromatic carbocycles. The van der Waals surface area contributed by atoms with E-state index in [1.165, 1.54) is 31.4 Å². The molecule has 2 heterocycles. The van der Waals surface area contributed by atoms with E-state index in [9.17, 15) is 14.7 Å². The topological polar surface area (TPSA) is 89.2 Å². The van der Waals surface area contributed by atoms with Gasteiger partial charge in [-0.15, -0.1) is 0 Å². The Balaban J connectivity index is 1.94. The number of amides is 1. The van der Waals surface area contributed by atoms with E-state index in [1.54, 1.807) is 42.5 Å². The number of anilines is 1. The largest absolute Gasteiger partial charge is 0.503 e. The number of methoxy groups -OCH3 is 2. The number of aliphatic hydroxyl groups is 1. The fourth-order valence-corrected chi connectivity index (χ4v) is 3.97. The first kappa shape index (κ1) is 21.5. The number of carbonyl (C=O) groups is 2. The second-order valence-electron chi connectivity index (χ2n) is 7.19. The molecule has 0 saturated heterocycles. The summed E-state index contributed by atoms with van der Waals surface area (Å²) in [5.74, 6) is -1.05. The van der Waals surface area contributed by atoms with Crippen molar-refractivity contribution in [3.05, 3.63) is 88.0 Å². The number of halogens is 1. The van der Waals surface area contributed by atoms with Crippen molar-refractivity contribution in [1.82, 2.24) is 0 Å². The van der Waals surface area contributed by atoms with Gasteiger partial charge in [0.25, 0.3) is 5.91 Å². The minimum absolute atomic E-state index is 0.00879. The third-order valence-electron chi connectivity index (χ3n) is 5.35. The number of furan rings is 1. The summed E-state index contributed by atoms with van der Waals surface area (Å²) in [6.45, 7) is 1.81. The van der Waals surface area contributed by atoms with Crippen molar-refractivity contribution >= 4 is 29.0 Å². The number of hydrogen-bond donors (Lipinski definition) is 1. The predicted molar refractivity (Wildman–Crippen MR) is 119 cm³/mol. The fourth-order valence-electron chi connectivity index (χ4n) is 3.81. The molecule has 1 N–H and O–H groups in total. The highest BCUT2D eigenvalue weighted by molar-refractivity contribution is 6.31. The molecule has 0 radical (unpaired) electrons. The van der Waals surface area contributed by atoms with Crippen LogP contribution in [-0.2, 0) is 4.79 Å². The van der Waals surface area contributed by atoms with Crippen LogP contribution in [-0.4, -0.2) is 31.0 Å². The van der Waals surface area contributed by atoms with Crippen molar-refractivity contribution < 1.29 is 28.6 Å². The van der Waals surface area contributed by atoms with Gasteiger partial charge < -0.3 is 19.0 Å². The fraction of sp³-hybridized carbons (Fsp3) is 0.167. The molecule has 32 heavy (non-hydrogen) atoms. The summed E-state index contributed by atoms with van der Waals surface area (Å²) < 4.78 is 16.0. The third-order valence-corrected chi connectivity index (χ3v) is 5.59. The lowest BCUT2D eigenvalue weighted by Crippen LogP contribution is -2.31. The Kier molecular flexibility index (Phi) is 5.67. The normalized spacial score (nSPS) is 15.9. The van der Waals surface area contributed by atoms with Gasteiger partial charge in [-0.2, -0.15) is 0 Å². The molecule has 1 unspecified atom stereocenters. The summed E-state index contributed by atoms with van der Waals surface area (Å²) >= 11 is 6.21. The van der Waals surface area contributed by atoms with Crippen LogP contribution >= 0.6 is 11.6 Å². The van der Waals surface area contributed by atoms with Crippen molar-refractivity contribution in [2.24, 2.45) is 0 Å². The van der Waals surface area contributed by atoms with E-state index in [0.717, 1.165) is 5.56 Å². The highest BCUT2D eigenvalue weighted by Crippen LogP contribution is 2.45. The maximum atomic E-state index is 13.3. The van der Waals surface area contributed by atoms with Gasteiger partial charge in [-0.3, -0.25) is 14.5 Å². The Hall–Kier alpha value is -3.71. The van der Waals surface area contributed by atoms with Gasteiger partial charge in [0, 0.05) is 10.7 Å². The zero-order valence-electron chi connectivity index (χ0n) is 17.6. The Morgan fingerprint density at radius 3 is 2.50 bits per heavy atom. The van der Waals surface area contributed by atoms with Crippen molar-refractivity contribution in [3.63, 3.8) is 0 Å². The van der Waals surface area contributed by atoms with Gasteiger partial charge in [0.1, 0.15) is 0 Å². The predicted octanol–water partition coefficient (Wildman–Crippen LogP) is 5.04. The number of carbonyl (C=O) groups excluding carboxylic acids is 2. The number of aryl methyl sites for hydroxylation is 1. The van der Waals surface area contributed by atoms with Crippen LogP contribution in [0.5, 0.6) is 11.5 Å². The van der Waals surface area contributed by atoms with Gasteiger partial charge in [0.05, 0.1) is 32.1 Å². The number of aliphatic hydroxyl groups excluding tert-OH is 1. The third kappa shape index (κ3) is 3.50. The number of nitrogens with zero attached hydrogens (tertiary/aromatic N) is 1. The van der Waals surface area contributed by atoms with E-state index in [-0.39, 0.29) is 11.3 Å². The average molecular weight is 454 g/mol. The van der Waals surface area contributed by atoms with Gasteiger partial charge in [0.15, 0.2) is 23.0 Å². The highest BCUT2D eigenvalue weighted by atomic mass is 35.5. The Morgan fingerprint density at radius 1 is 1.09 bits per heavy atom. The maximum Gasteiger partial charge on any atom is 0.294 e. The smallest absolute Gasteiger partial charge is 0.294 e. The molecular formula is C24H20ClNO6. The maximum absolute atomic E-state index is 13.3. The molecule has 4 rings (SSSR count). The molecular weight excluding hydrogens is 434 g/mol. The molecule has 0 fully saturated rings. The quantitative estimate of drug-likeness (QED) is 0.526. The molecule has 1 aliphatic rings. The molecule has 0 spiro atoms. The molecule has 1 aliphatic heterocycles. The van der Waals surface area contributed by atoms with Gasteiger partial charge >= 0.3 is 0 Å². The molecule has 3 aromatic rings. The summed E-state index contributed by atoms with van der Waals surface area (Å²) in [6.07, 6.45) is 1.35. The second-order valence-corrected chi connectivity index (χ2v) is 7.63. The first-order valence-electron chi connectivity index (χ1n) is 9.70. The zero-order chi connectivity index (χ0) is 23.0. The van der Waals surface area contributed by atoms with Gasteiger partial charge in [-0.25, -0.2) is 0 Å². The lowest BCUT2D eigenvalue weighted by molar-refractivity contribution is -0.117. The summed E-state index contributed by atoms with van der Waals surface area (Å²) in [7, 11) is 3.00. The number of ketones is 1. The number of hydrogen-bond acceptors (Lipinski definition) is 6. The van der Waals surface area contributed by atoms with Crippen molar-refractivity contribution in [2.45, 2.75) is 13.0 Å². The molecule has 8 heteroatoms. The molecule has 1 aromatic heterocycles. The van der Waals surface area contributed by atoms with E-state index in [4.69, 9.17) is 25.5 Å². The van der Waals surface area contributed by atoms with Crippen molar-refractivity contribution in [2.75, 3.05) is 19.1 Å². The average Bonchev–Trinajstić information content (AvgIpc) is 3.42. The molecule has 0 aliphatic carbocycles. The van der Waals surface area contributed by atoms with Crippen LogP contribution in [0.25, 0.3) is 0 Å². The van der Waals surface area contributed by atoms with Crippen LogP contribution in [0.2, 0.25) is 5.02 Å². The van der Waals surface area contributed by atoms with Crippen LogP contribution in [0.3, 0.4) is 0 Å². The van der Waals surface area contributed by atoms with Crippen LogP contribution in [0.15, 0.2) is 70.5 Å². The number of rotatable bonds is 6. The van der Waals surface area contributed by atoms with E-state index in [1.807, 2.05) is 6.92 Å². The van der Waals surface area contributed by atoms with Gasteiger partial charge in [-0.1, -0.05) is 23.7 Å². The monoisotopic (exact) mass is 453 g/mol. The molecule has 1 amide bonds. The van der Waals surface area contributed by atoms with Gasteiger partial charge in [-0.05, 0) is 54.4 Å². The summed E-state index contributed by atoms with van der Waals surface area (Å²) in [6, 6.07) is 12.2. The molecule has 0 bridgehead atoms. The Bertz CT molecular complexity index is 1230. The minimum Gasteiger partial charge on any atom is -0.503 e. The number of Topliss-reactive ketones (excluding diaryl/α,β-unsaturated/α-hetero) is 1. The van der Waals surface area contributed by atoms with Crippen LogP contribution in [0.4, 0.5) is 5.69 Å². The minimum atomic E-state index is -0.947. The summed E-state index contributed by atoms with van der Waals surface area (Å²) in [4.78, 5) is 27.9. The zero-order valence-corrected chi connectivity index (χ0v) is 18.3. The molecule has 7 nitrogen and oxygen atoms in total. The Labute approximate surface area is 189 Å². The lowest BCUT2D eigenvalue weighted by Gasteiger charge is -2.28. The van der Waals surface area contributed by atoms with Crippen LogP contribution < -0.4 is 14.4 Å². The second kappa shape index (κ2) is 8.43. The standard InChI is InChI=1S/C24H20ClNO6/c1-13-6-8-15(25)12-16(13)26-21(14-7-9-17(30-2)19(11-14)31-3)20(23(28)24(26)29)22(27)18-5-4-10-32-18/h4-12,21,28H,1-3H3. The first-order chi connectivity index (χ1) is 15.4. The van der Waals surface area contributed by atoms with E-state index >= 15 is 0 Å². The molecule has 164 valence electrons.